The Morgan fingerprint density at radius 3 is 2.70 bits per heavy atom. The standard InChI is InChI=1S/C15H9ClFNO2/c1-9(19)11-6-5-10(7-13(11)16)20-15-4-2-3-14(17)12(15)8-18/h2-7H,1H3. The summed E-state index contributed by atoms with van der Waals surface area (Å²) in [4.78, 5) is 11.3. The Balaban J connectivity index is 2.37. The van der Waals surface area contributed by atoms with Crippen LogP contribution in [0.1, 0.15) is 22.8 Å². The van der Waals surface area contributed by atoms with Crippen LogP contribution in [-0.4, -0.2) is 5.78 Å². The van der Waals surface area contributed by atoms with Crippen LogP contribution in [0.2, 0.25) is 5.02 Å². The van der Waals surface area contributed by atoms with Gasteiger partial charge in [0.2, 0.25) is 0 Å². The van der Waals surface area contributed by atoms with Gasteiger partial charge in [0.25, 0.3) is 0 Å². The van der Waals surface area contributed by atoms with E-state index in [4.69, 9.17) is 21.6 Å². The molecule has 0 amide bonds. The van der Waals surface area contributed by atoms with Gasteiger partial charge in [-0.3, -0.25) is 4.79 Å². The molecular formula is C15H9ClFNO2. The van der Waals surface area contributed by atoms with Crippen molar-refractivity contribution in [1.82, 2.24) is 0 Å². The van der Waals surface area contributed by atoms with Crippen molar-refractivity contribution < 1.29 is 13.9 Å². The van der Waals surface area contributed by atoms with E-state index in [1.807, 2.05) is 0 Å². The summed E-state index contributed by atoms with van der Waals surface area (Å²) >= 11 is 5.96. The molecule has 2 rings (SSSR count). The first kappa shape index (κ1) is 14.0. The smallest absolute Gasteiger partial charge is 0.161 e. The van der Waals surface area contributed by atoms with Gasteiger partial charge in [-0.1, -0.05) is 17.7 Å². The van der Waals surface area contributed by atoms with Crippen molar-refractivity contribution >= 4 is 17.4 Å². The van der Waals surface area contributed by atoms with E-state index in [0.717, 1.165) is 0 Å². The van der Waals surface area contributed by atoms with Gasteiger partial charge in [0.1, 0.15) is 28.9 Å². The Morgan fingerprint density at radius 1 is 1.35 bits per heavy atom. The summed E-state index contributed by atoms with van der Waals surface area (Å²) in [6.07, 6.45) is 0. The monoisotopic (exact) mass is 289 g/mol. The number of carbonyl (C=O) groups excluding carboxylic acids is 1. The number of halogens is 2. The minimum atomic E-state index is -0.656. The fourth-order valence-corrected chi connectivity index (χ4v) is 1.97. The number of hydrogen-bond donors (Lipinski definition) is 0. The third-order valence-corrected chi connectivity index (χ3v) is 2.95. The summed E-state index contributed by atoms with van der Waals surface area (Å²) in [6.45, 7) is 1.40. The quantitative estimate of drug-likeness (QED) is 0.790. The average Bonchev–Trinajstić information content (AvgIpc) is 2.38. The zero-order chi connectivity index (χ0) is 14.7. The number of ketones is 1. The number of rotatable bonds is 3. The largest absolute Gasteiger partial charge is 0.456 e. The van der Waals surface area contributed by atoms with Gasteiger partial charge < -0.3 is 4.74 Å². The molecule has 0 unspecified atom stereocenters. The molecular weight excluding hydrogens is 281 g/mol. The fourth-order valence-electron chi connectivity index (χ4n) is 1.67. The molecule has 0 radical (unpaired) electrons. The minimum Gasteiger partial charge on any atom is -0.456 e. The molecule has 0 heterocycles. The van der Waals surface area contributed by atoms with Gasteiger partial charge in [-0.2, -0.15) is 5.26 Å². The van der Waals surface area contributed by atoms with Crippen LogP contribution in [0, 0.1) is 17.1 Å². The van der Waals surface area contributed by atoms with Crippen molar-refractivity contribution in [3.8, 4) is 17.6 Å². The molecule has 0 aromatic heterocycles. The first-order valence-electron chi connectivity index (χ1n) is 5.70. The Morgan fingerprint density at radius 2 is 2.10 bits per heavy atom. The third-order valence-electron chi connectivity index (χ3n) is 2.63. The first-order valence-corrected chi connectivity index (χ1v) is 6.07. The van der Waals surface area contributed by atoms with E-state index < -0.39 is 5.82 Å². The second-order valence-electron chi connectivity index (χ2n) is 4.02. The molecule has 0 spiro atoms. The van der Waals surface area contributed by atoms with Crippen LogP contribution in [0.25, 0.3) is 0 Å². The normalized spacial score (nSPS) is 9.90. The molecule has 20 heavy (non-hydrogen) atoms. The molecule has 100 valence electrons. The Hall–Kier alpha value is -2.38. The van der Waals surface area contributed by atoms with Crippen molar-refractivity contribution in [3.05, 3.63) is 58.4 Å². The van der Waals surface area contributed by atoms with Crippen molar-refractivity contribution in [2.45, 2.75) is 6.92 Å². The number of Topliss-reactive ketones (excluding diaryl/α,β-unsaturated/α-hetero) is 1. The lowest BCUT2D eigenvalue weighted by Gasteiger charge is -2.09. The highest BCUT2D eigenvalue weighted by atomic mass is 35.5. The number of carbonyl (C=O) groups is 1. The van der Waals surface area contributed by atoms with E-state index in [9.17, 15) is 9.18 Å². The maximum Gasteiger partial charge on any atom is 0.161 e. The van der Waals surface area contributed by atoms with Gasteiger partial charge in [-0.25, -0.2) is 4.39 Å². The summed E-state index contributed by atoms with van der Waals surface area (Å²) in [5, 5.41) is 9.15. The average molecular weight is 290 g/mol. The van der Waals surface area contributed by atoms with Crippen LogP contribution in [0.5, 0.6) is 11.5 Å². The topological polar surface area (TPSA) is 50.1 Å². The molecule has 3 nitrogen and oxygen atoms in total. The number of hydrogen-bond acceptors (Lipinski definition) is 3. The molecule has 0 bridgehead atoms. The lowest BCUT2D eigenvalue weighted by atomic mass is 10.1. The lowest BCUT2D eigenvalue weighted by Crippen LogP contribution is -1.95. The predicted molar refractivity (Wildman–Crippen MR) is 72.6 cm³/mol. The van der Waals surface area contributed by atoms with E-state index in [0.29, 0.717) is 11.3 Å². The van der Waals surface area contributed by atoms with Gasteiger partial charge in [-0.05, 0) is 31.2 Å². The predicted octanol–water partition coefficient (Wildman–Crippen LogP) is 4.35. The second kappa shape index (κ2) is 5.72. The Kier molecular flexibility index (Phi) is 4.02. The molecule has 0 N–H and O–H groups in total. The minimum absolute atomic E-state index is 0.0964. The molecule has 0 saturated carbocycles. The molecule has 0 atom stereocenters. The van der Waals surface area contributed by atoms with Crippen LogP contribution in [-0.2, 0) is 0 Å². The number of ether oxygens (including phenoxy) is 1. The highest BCUT2D eigenvalue weighted by Crippen LogP contribution is 2.29. The van der Waals surface area contributed by atoms with Gasteiger partial charge in [0.05, 0.1) is 5.02 Å². The number of nitriles is 1. The van der Waals surface area contributed by atoms with E-state index in [2.05, 4.69) is 0 Å². The number of benzene rings is 2. The lowest BCUT2D eigenvalue weighted by molar-refractivity contribution is 0.101. The van der Waals surface area contributed by atoms with Crippen molar-refractivity contribution in [2.24, 2.45) is 0 Å². The van der Waals surface area contributed by atoms with Crippen LogP contribution in [0.4, 0.5) is 4.39 Å². The van der Waals surface area contributed by atoms with Gasteiger partial charge >= 0.3 is 0 Å². The van der Waals surface area contributed by atoms with Crippen LogP contribution in [0.15, 0.2) is 36.4 Å². The summed E-state index contributed by atoms with van der Waals surface area (Å²) in [5.74, 6) is -0.400. The Bertz CT molecular complexity index is 722. The molecule has 5 heteroatoms. The van der Waals surface area contributed by atoms with Crippen LogP contribution < -0.4 is 4.74 Å². The SMILES string of the molecule is CC(=O)c1ccc(Oc2cccc(F)c2C#N)cc1Cl. The molecule has 2 aromatic carbocycles. The molecule has 0 aliphatic carbocycles. The van der Waals surface area contributed by atoms with E-state index in [-0.39, 0.29) is 22.1 Å². The van der Waals surface area contributed by atoms with Gasteiger partial charge in [0, 0.05) is 11.6 Å². The van der Waals surface area contributed by atoms with E-state index in [1.54, 1.807) is 6.07 Å². The van der Waals surface area contributed by atoms with E-state index >= 15 is 0 Å². The summed E-state index contributed by atoms with van der Waals surface area (Å²) in [6, 6.07) is 10.3. The van der Waals surface area contributed by atoms with Crippen LogP contribution >= 0.6 is 11.6 Å². The highest BCUT2D eigenvalue weighted by Gasteiger charge is 2.11. The highest BCUT2D eigenvalue weighted by molar-refractivity contribution is 6.34. The zero-order valence-electron chi connectivity index (χ0n) is 10.5. The molecule has 0 fully saturated rings. The van der Waals surface area contributed by atoms with Gasteiger partial charge in [0.15, 0.2) is 5.78 Å². The second-order valence-corrected chi connectivity index (χ2v) is 4.43. The molecule has 2 aromatic rings. The summed E-state index contributed by atoms with van der Waals surface area (Å²) in [7, 11) is 0. The maximum absolute atomic E-state index is 13.4. The van der Waals surface area contributed by atoms with Crippen molar-refractivity contribution in [2.75, 3.05) is 0 Å². The first-order chi connectivity index (χ1) is 9.52. The number of nitrogens with zero attached hydrogens (tertiary/aromatic N) is 1. The van der Waals surface area contributed by atoms with Crippen molar-refractivity contribution in [3.63, 3.8) is 0 Å². The summed E-state index contributed by atoms with van der Waals surface area (Å²) in [5.41, 5.74) is 0.193. The molecule has 0 saturated heterocycles. The maximum atomic E-state index is 13.4. The summed E-state index contributed by atoms with van der Waals surface area (Å²) < 4.78 is 18.9. The fraction of sp³-hybridized carbons (Fsp3) is 0.0667. The molecule has 0 aliphatic rings. The van der Waals surface area contributed by atoms with Crippen LogP contribution in [0.3, 0.4) is 0 Å². The molecule has 0 aliphatic heterocycles. The third kappa shape index (κ3) is 2.79. The van der Waals surface area contributed by atoms with E-state index in [1.165, 1.54) is 43.3 Å². The van der Waals surface area contributed by atoms with Crippen molar-refractivity contribution in [1.29, 1.82) is 5.26 Å². The zero-order valence-corrected chi connectivity index (χ0v) is 11.2. The Labute approximate surface area is 120 Å². The van der Waals surface area contributed by atoms with Gasteiger partial charge in [-0.15, -0.1) is 0 Å².